The van der Waals surface area contributed by atoms with Gasteiger partial charge in [-0.1, -0.05) is 23.7 Å². The number of ether oxygens (including phenoxy) is 2. The molecule has 0 radical (unpaired) electrons. The van der Waals surface area contributed by atoms with Crippen molar-refractivity contribution in [3.8, 4) is 5.75 Å². The van der Waals surface area contributed by atoms with Crippen LogP contribution in [0.4, 0.5) is 9.18 Å². The van der Waals surface area contributed by atoms with Crippen molar-refractivity contribution in [1.82, 2.24) is 4.90 Å². The van der Waals surface area contributed by atoms with E-state index in [0.29, 0.717) is 25.7 Å². The van der Waals surface area contributed by atoms with Crippen molar-refractivity contribution >= 4 is 56.5 Å². The van der Waals surface area contributed by atoms with Crippen molar-refractivity contribution < 1.29 is 23.5 Å². The van der Waals surface area contributed by atoms with Crippen LogP contribution in [0.15, 0.2) is 45.8 Å². The molecule has 0 spiro atoms. The number of methoxy groups -OCH3 is 1. The normalized spacial score (nSPS) is 15.4. The molecule has 0 saturated carbocycles. The highest BCUT2D eigenvalue weighted by Gasteiger charge is 2.34. The van der Waals surface area contributed by atoms with E-state index in [1.807, 2.05) is 0 Å². The van der Waals surface area contributed by atoms with Crippen LogP contribution < -0.4 is 4.74 Å². The molecule has 3 rings (SSSR count). The van der Waals surface area contributed by atoms with Gasteiger partial charge in [0.15, 0.2) is 5.75 Å². The lowest BCUT2D eigenvalue weighted by atomic mass is 10.2. The lowest BCUT2D eigenvalue weighted by molar-refractivity contribution is -0.123. The average Bonchev–Trinajstić information content (AvgIpc) is 2.94. The van der Waals surface area contributed by atoms with E-state index >= 15 is 0 Å². The summed E-state index contributed by atoms with van der Waals surface area (Å²) in [5.41, 5.74) is 1.44. The minimum absolute atomic E-state index is 0.207. The molecule has 9 heteroatoms. The first-order valence-corrected chi connectivity index (χ1v) is 10.5. The zero-order valence-electron chi connectivity index (χ0n) is 15.3. The molecule has 1 aliphatic heterocycles. The first-order valence-electron chi connectivity index (χ1n) is 8.49. The Bertz CT molecular complexity index is 944. The van der Waals surface area contributed by atoms with Gasteiger partial charge in [0.25, 0.3) is 11.1 Å². The molecular weight excluding hydrogens is 485 g/mol. The van der Waals surface area contributed by atoms with Crippen LogP contribution in [0.1, 0.15) is 11.1 Å². The molecule has 0 bridgehead atoms. The Labute approximate surface area is 184 Å². The van der Waals surface area contributed by atoms with E-state index in [4.69, 9.17) is 21.1 Å². The summed E-state index contributed by atoms with van der Waals surface area (Å²) in [6.45, 7) is 0.707. The highest BCUT2D eigenvalue weighted by Crippen LogP contribution is 2.37. The Hall–Kier alpha value is -1.87. The number of imide groups is 1. The fraction of sp³-hybridized carbons (Fsp3) is 0.200. The molecule has 29 heavy (non-hydrogen) atoms. The summed E-state index contributed by atoms with van der Waals surface area (Å²) < 4.78 is 24.3. The van der Waals surface area contributed by atoms with Crippen LogP contribution >= 0.6 is 39.3 Å². The van der Waals surface area contributed by atoms with Gasteiger partial charge in [0, 0.05) is 7.11 Å². The van der Waals surface area contributed by atoms with E-state index in [1.165, 1.54) is 19.2 Å². The number of hydrogen-bond acceptors (Lipinski definition) is 5. The predicted octanol–water partition coefficient (Wildman–Crippen LogP) is 5.50. The van der Waals surface area contributed by atoms with Gasteiger partial charge in [-0.2, -0.15) is 0 Å². The van der Waals surface area contributed by atoms with E-state index in [-0.39, 0.29) is 36.7 Å². The molecular formula is C20H16BrClFNO4S. The second-order valence-electron chi connectivity index (χ2n) is 6.05. The summed E-state index contributed by atoms with van der Waals surface area (Å²) in [5.74, 6) is -0.244. The SMILES string of the molecule is COCCN1C(=O)S/C(=C/c2cc(Cl)c(OCc3ccc(F)cc3)c(Br)c2)C1=O. The van der Waals surface area contributed by atoms with E-state index in [1.54, 1.807) is 30.3 Å². The first-order chi connectivity index (χ1) is 13.9. The Morgan fingerprint density at radius 2 is 1.97 bits per heavy atom. The zero-order chi connectivity index (χ0) is 21.0. The lowest BCUT2D eigenvalue weighted by Gasteiger charge is -2.12. The Kier molecular flexibility index (Phi) is 7.34. The molecule has 0 atom stereocenters. The number of carbonyl (C=O) groups excluding carboxylic acids is 2. The van der Waals surface area contributed by atoms with Crippen LogP contribution in [0.3, 0.4) is 0 Å². The Morgan fingerprint density at radius 3 is 2.62 bits per heavy atom. The van der Waals surface area contributed by atoms with E-state index in [0.717, 1.165) is 22.2 Å². The standard InChI is InChI=1S/C20H16BrClFNO4S/c1-27-7-6-24-19(25)17(29-20(24)26)10-13-8-15(21)18(16(22)9-13)28-11-12-2-4-14(23)5-3-12/h2-5,8-10H,6-7,11H2,1H3/b17-10+. The maximum atomic E-state index is 13.0. The highest BCUT2D eigenvalue weighted by molar-refractivity contribution is 9.10. The number of halogens is 3. The van der Waals surface area contributed by atoms with Crippen LogP contribution in [0.2, 0.25) is 5.02 Å². The lowest BCUT2D eigenvalue weighted by Crippen LogP contribution is -2.31. The molecule has 0 aromatic heterocycles. The summed E-state index contributed by atoms with van der Waals surface area (Å²) >= 11 is 10.6. The van der Waals surface area contributed by atoms with Crippen LogP contribution in [0.25, 0.3) is 6.08 Å². The summed E-state index contributed by atoms with van der Waals surface area (Å²) in [5, 5.41) is 0.00839. The minimum atomic E-state index is -0.360. The molecule has 2 aromatic rings. The van der Waals surface area contributed by atoms with Crippen molar-refractivity contribution in [2.24, 2.45) is 0 Å². The Balaban J connectivity index is 1.75. The number of amides is 2. The van der Waals surface area contributed by atoms with Gasteiger partial charge in [0.1, 0.15) is 12.4 Å². The van der Waals surface area contributed by atoms with Gasteiger partial charge in [-0.15, -0.1) is 0 Å². The first kappa shape index (κ1) is 21.8. The van der Waals surface area contributed by atoms with Crippen LogP contribution in [-0.4, -0.2) is 36.3 Å². The van der Waals surface area contributed by atoms with E-state index in [2.05, 4.69) is 15.9 Å². The van der Waals surface area contributed by atoms with Crippen molar-refractivity contribution in [3.63, 3.8) is 0 Å². The molecule has 1 heterocycles. The molecule has 152 valence electrons. The number of thioether (sulfide) groups is 1. The summed E-state index contributed by atoms with van der Waals surface area (Å²) in [6, 6.07) is 9.37. The second-order valence-corrected chi connectivity index (χ2v) is 8.31. The van der Waals surface area contributed by atoms with E-state index < -0.39 is 0 Å². The second kappa shape index (κ2) is 9.75. The summed E-state index contributed by atoms with van der Waals surface area (Å²) in [4.78, 5) is 25.9. The molecule has 1 fully saturated rings. The van der Waals surface area contributed by atoms with Gasteiger partial charge in [0.2, 0.25) is 0 Å². The van der Waals surface area contributed by atoms with Crippen LogP contribution in [-0.2, 0) is 16.1 Å². The third-order valence-electron chi connectivity index (χ3n) is 4.01. The topological polar surface area (TPSA) is 55.8 Å². The number of carbonyl (C=O) groups is 2. The number of benzene rings is 2. The number of nitrogens with zero attached hydrogens (tertiary/aromatic N) is 1. The number of rotatable bonds is 7. The van der Waals surface area contributed by atoms with Gasteiger partial charge < -0.3 is 9.47 Å². The van der Waals surface area contributed by atoms with Crippen molar-refractivity contribution in [2.75, 3.05) is 20.3 Å². The van der Waals surface area contributed by atoms with Crippen molar-refractivity contribution in [1.29, 1.82) is 0 Å². The molecule has 2 aromatic carbocycles. The molecule has 0 aliphatic carbocycles. The van der Waals surface area contributed by atoms with Gasteiger partial charge in [-0.05, 0) is 69.2 Å². The average molecular weight is 501 g/mol. The van der Waals surface area contributed by atoms with Crippen molar-refractivity contribution in [2.45, 2.75) is 6.61 Å². The fourth-order valence-electron chi connectivity index (χ4n) is 2.56. The predicted molar refractivity (Wildman–Crippen MR) is 114 cm³/mol. The molecule has 5 nitrogen and oxygen atoms in total. The minimum Gasteiger partial charge on any atom is -0.486 e. The van der Waals surface area contributed by atoms with Crippen LogP contribution in [0.5, 0.6) is 5.75 Å². The van der Waals surface area contributed by atoms with Crippen molar-refractivity contribution in [3.05, 3.63) is 67.7 Å². The maximum Gasteiger partial charge on any atom is 0.293 e. The maximum absolute atomic E-state index is 13.0. The molecule has 2 amide bonds. The summed E-state index contributed by atoms with van der Waals surface area (Å²) in [7, 11) is 1.51. The largest absolute Gasteiger partial charge is 0.486 e. The van der Waals surface area contributed by atoms with E-state index in [9.17, 15) is 14.0 Å². The highest BCUT2D eigenvalue weighted by atomic mass is 79.9. The molecule has 0 N–H and O–H groups in total. The smallest absolute Gasteiger partial charge is 0.293 e. The van der Waals surface area contributed by atoms with Gasteiger partial charge in [-0.3, -0.25) is 14.5 Å². The fourth-order valence-corrected chi connectivity index (χ4v) is 4.42. The summed E-state index contributed by atoms with van der Waals surface area (Å²) in [6.07, 6.45) is 1.61. The van der Waals surface area contributed by atoms with Gasteiger partial charge in [0.05, 0.1) is 27.6 Å². The Morgan fingerprint density at radius 1 is 1.24 bits per heavy atom. The quantitative estimate of drug-likeness (QED) is 0.470. The van der Waals surface area contributed by atoms with Crippen LogP contribution in [0, 0.1) is 5.82 Å². The third kappa shape index (κ3) is 5.39. The molecule has 1 saturated heterocycles. The van der Waals surface area contributed by atoms with Gasteiger partial charge in [-0.25, -0.2) is 4.39 Å². The molecule has 1 aliphatic rings. The van der Waals surface area contributed by atoms with Gasteiger partial charge >= 0.3 is 0 Å². The zero-order valence-corrected chi connectivity index (χ0v) is 18.4. The monoisotopic (exact) mass is 499 g/mol. The molecule has 0 unspecified atom stereocenters. The number of hydrogen-bond donors (Lipinski definition) is 0. The third-order valence-corrected chi connectivity index (χ3v) is 5.78.